The molecule has 0 aromatic rings. The van der Waals surface area contributed by atoms with Gasteiger partial charge in [0.2, 0.25) is 0 Å². The van der Waals surface area contributed by atoms with Crippen LogP contribution in [0.15, 0.2) is 0 Å². The molecule has 86 valence electrons. The van der Waals surface area contributed by atoms with Crippen LogP contribution in [-0.2, 0) is 17.2 Å². The van der Waals surface area contributed by atoms with Gasteiger partial charge in [-0.05, 0) is 0 Å². The zero-order valence-electron chi connectivity index (χ0n) is 7.58. The zero-order valence-corrected chi connectivity index (χ0v) is 10.9. The summed E-state index contributed by atoms with van der Waals surface area (Å²) in [4.78, 5) is 22.3. The van der Waals surface area contributed by atoms with Crippen LogP contribution in [0.2, 0.25) is 0 Å². The number of nitrogens with two attached hydrogens (primary N) is 2. The summed E-state index contributed by atoms with van der Waals surface area (Å²) in [6.07, 6.45) is 0. The van der Waals surface area contributed by atoms with E-state index in [1.54, 1.807) is 0 Å². The van der Waals surface area contributed by atoms with Crippen molar-refractivity contribution in [2.45, 2.75) is 12.1 Å². The average molecular weight is 317 g/mol. The molecule has 0 aliphatic carbocycles. The Bertz CT molecular complexity index is 231. The van der Waals surface area contributed by atoms with Crippen molar-refractivity contribution < 1.29 is 17.2 Å². The fourth-order valence-electron chi connectivity index (χ4n) is 0.587. The van der Waals surface area contributed by atoms with E-state index < -0.39 is 39.6 Å². The Labute approximate surface area is 101 Å². The van der Waals surface area contributed by atoms with Crippen LogP contribution < -0.4 is 11.5 Å². The van der Waals surface area contributed by atoms with Gasteiger partial charge in [-0.25, -0.2) is 0 Å². The molecule has 1 heterocycles. The number of hydrogen-bond acceptors (Lipinski definition) is 8. The maximum atomic E-state index is 11.2. The molecule has 1 aliphatic heterocycles. The third-order valence-corrected chi connectivity index (χ3v) is 4.86. The van der Waals surface area contributed by atoms with Crippen molar-refractivity contribution in [1.82, 2.24) is 0 Å². The summed E-state index contributed by atoms with van der Waals surface area (Å²) >= 11 is -0.969. The van der Waals surface area contributed by atoms with Gasteiger partial charge in [-0.1, -0.05) is 0 Å². The van der Waals surface area contributed by atoms with E-state index in [0.29, 0.717) is 11.5 Å². The van der Waals surface area contributed by atoms with Crippen LogP contribution in [0.4, 0.5) is 0 Å². The molecule has 2 atom stereocenters. The van der Waals surface area contributed by atoms with Crippen LogP contribution in [0, 0.1) is 0 Å². The van der Waals surface area contributed by atoms with Crippen molar-refractivity contribution in [2.75, 3.05) is 11.5 Å². The molecule has 0 spiro atoms. The molecular weight excluding hydrogens is 307 g/mol. The minimum absolute atomic E-state index is 0.431. The van der Waals surface area contributed by atoms with Gasteiger partial charge in [0, 0.05) is 0 Å². The zero-order chi connectivity index (χ0) is 11.3. The molecule has 0 aromatic heterocycles. The van der Waals surface area contributed by atoms with Gasteiger partial charge >= 0.3 is 101 Å². The van der Waals surface area contributed by atoms with Crippen molar-refractivity contribution in [3.05, 3.63) is 0 Å². The van der Waals surface area contributed by atoms with Crippen molar-refractivity contribution in [1.29, 1.82) is 0 Å². The monoisotopic (exact) mass is 318 g/mol. The van der Waals surface area contributed by atoms with Gasteiger partial charge in [0.1, 0.15) is 0 Å². The number of carbonyl (C=O) groups excluding carboxylic acids is 2. The molecule has 0 saturated carbocycles. The van der Waals surface area contributed by atoms with Crippen molar-refractivity contribution in [3.8, 4) is 0 Å². The first-order valence-electron chi connectivity index (χ1n) is 3.95. The Balaban J connectivity index is 2.50. The predicted octanol–water partition coefficient (Wildman–Crippen LogP) is -1.34. The van der Waals surface area contributed by atoms with Crippen LogP contribution in [0.1, 0.15) is 0 Å². The van der Waals surface area contributed by atoms with E-state index in [2.05, 4.69) is 7.64 Å². The molecule has 15 heavy (non-hydrogen) atoms. The number of rotatable bonds is 0. The molecule has 1 saturated heterocycles. The van der Waals surface area contributed by atoms with Crippen LogP contribution in [0.3, 0.4) is 0 Å². The van der Waals surface area contributed by atoms with Gasteiger partial charge in [0.15, 0.2) is 0 Å². The molecule has 0 radical (unpaired) electrons. The summed E-state index contributed by atoms with van der Waals surface area (Å²) in [7, 11) is 2.78. The Kier molecular flexibility index (Phi) is 5.80. The van der Waals surface area contributed by atoms with Gasteiger partial charge in [0.25, 0.3) is 0 Å². The normalized spacial score (nSPS) is 30.0. The van der Waals surface area contributed by atoms with Crippen molar-refractivity contribution in [2.24, 2.45) is 11.5 Å². The molecule has 9 heteroatoms. The molecule has 6 nitrogen and oxygen atoms in total. The van der Waals surface area contributed by atoms with E-state index in [1.807, 2.05) is 0 Å². The van der Waals surface area contributed by atoms with E-state index >= 15 is 0 Å². The van der Waals surface area contributed by atoms with Gasteiger partial charge in [-0.2, -0.15) is 0 Å². The third-order valence-electron chi connectivity index (χ3n) is 1.42. The van der Waals surface area contributed by atoms with E-state index in [0.717, 1.165) is 0 Å². The summed E-state index contributed by atoms with van der Waals surface area (Å²) in [5.41, 5.74) is 11.0. The second kappa shape index (κ2) is 6.62. The molecule has 1 fully saturated rings. The van der Waals surface area contributed by atoms with E-state index in [1.165, 1.54) is 21.6 Å². The molecule has 0 aromatic carbocycles. The van der Waals surface area contributed by atoms with Crippen molar-refractivity contribution >= 4 is 49.1 Å². The Morgan fingerprint density at radius 2 is 1.47 bits per heavy atom. The fourth-order valence-corrected chi connectivity index (χ4v) is 3.67. The summed E-state index contributed by atoms with van der Waals surface area (Å²) in [6, 6.07) is -1.37. The quantitative estimate of drug-likeness (QED) is 0.418. The van der Waals surface area contributed by atoms with Crippen LogP contribution in [-0.4, -0.2) is 51.1 Å². The van der Waals surface area contributed by atoms with E-state index in [9.17, 15) is 9.59 Å². The van der Waals surface area contributed by atoms with Gasteiger partial charge < -0.3 is 0 Å². The minimum atomic E-state index is -0.969. The summed E-state index contributed by atoms with van der Waals surface area (Å²) < 4.78 is 9.36. The number of hydrogen-bond donors (Lipinski definition) is 2. The standard InChI is InChI=1S/C6H10N2O4S2Se/c7-3-1-13-14-2-4(8)6(10)12-15-11-5(3)9/h3-4H,1-2,7-8H2/t3-,4-/m0/s1. The third kappa shape index (κ3) is 4.62. The van der Waals surface area contributed by atoms with Crippen LogP contribution in [0.5, 0.6) is 0 Å². The fraction of sp³-hybridized carbons (Fsp3) is 0.667. The molecule has 0 amide bonds. The predicted molar refractivity (Wildman–Crippen MR) is 58.8 cm³/mol. The molecule has 0 unspecified atom stereocenters. The van der Waals surface area contributed by atoms with Gasteiger partial charge in [-0.3, -0.25) is 0 Å². The first-order chi connectivity index (χ1) is 7.11. The van der Waals surface area contributed by atoms with Gasteiger partial charge in [0.05, 0.1) is 0 Å². The topological polar surface area (TPSA) is 105 Å². The van der Waals surface area contributed by atoms with E-state index in [4.69, 9.17) is 11.5 Å². The average Bonchev–Trinajstić information content (AvgIpc) is 2.23. The van der Waals surface area contributed by atoms with Crippen LogP contribution in [0.25, 0.3) is 0 Å². The molecular formula is C6H10N2O4S2Se. The van der Waals surface area contributed by atoms with Gasteiger partial charge in [-0.15, -0.1) is 0 Å². The summed E-state index contributed by atoms with van der Waals surface area (Å²) in [5, 5.41) is 0. The molecule has 1 aliphatic rings. The van der Waals surface area contributed by atoms with Crippen LogP contribution >= 0.6 is 21.6 Å². The second-order valence-electron chi connectivity index (χ2n) is 2.65. The number of carbonyl (C=O) groups is 2. The first-order valence-corrected chi connectivity index (χ1v) is 7.84. The molecule has 0 bridgehead atoms. The Morgan fingerprint density at radius 1 is 1.07 bits per heavy atom. The Morgan fingerprint density at radius 3 is 1.87 bits per heavy atom. The Hall–Kier alpha value is 0.0795. The summed E-state index contributed by atoms with van der Waals surface area (Å²) in [5.74, 6) is -0.237. The first kappa shape index (κ1) is 13.1. The molecule has 1 rings (SSSR count). The maximum absolute atomic E-state index is 11.2. The summed E-state index contributed by atoms with van der Waals surface area (Å²) in [6.45, 7) is 0. The second-order valence-corrected chi connectivity index (χ2v) is 6.19. The SMILES string of the molecule is N[C@H]1CSSC[C@H](N)C(=O)O[Se]OC1=O. The van der Waals surface area contributed by atoms with Crippen molar-refractivity contribution in [3.63, 3.8) is 0 Å². The van der Waals surface area contributed by atoms with E-state index in [-0.39, 0.29) is 0 Å². The molecule has 4 N–H and O–H groups in total.